The number of aliphatic hydroxyl groups is 1. The standard InChI is InChI=1S/C18H19NO3/c1-22-18(21)17(11-20)19-10-16-14-8-4-2-6-12(14)13-7-3-5-9-15(13)16/h2-9,16-17,19-20H,10-11H2,1H3/t17-/m1/s1. The third-order valence-electron chi connectivity index (χ3n) is 4.20. The molecule has 0 heterocycles. The Morgan fingerprint density at radius 1 is 1.14 bits per heavy atom. The summed E-state index contributed by atoms with van der Waals surface area (Å²) >= 11 is 0. The number of rotatable bonds is 5. The Hall–Kier alpha value is -2.17. The van der Waals surface area contributed by atoms with Crippen molar-refractivity contribution >= 4 is 5.97 Å². The first kappa shape index (κ1) is 14.8. The third-order valence-corrected chi connectivity index (χ3v) is 4.20. The van der Waals surface area contributed by atoms with Gasteiger partial charge >= 0.3 is 5.97 Å². The number of methoxy groups -OCH3 is 1. The SMILES string of the molecule is COC(=O)[C@@H](CO)NCC1c2ccccc2-c2ccccc21. The second kappa shape index (κ2) is 6.30. The van der Waals surface area contributed by atoms with Crippen LogP contribution in [0.15, 0.2) is 48.5 Å². The number of carbonyl (C=O) groups excluding carboxylic acids is 1. The van der Waals surface area contributed by atoms with Crippen molar-refractivity contribution < 1.29 is 14.6 Å². The molecule has 0 aliphatic heterocycles. The van der Waals surface area contributed by atoms with Crippen molar-refractivity contribution in [3.8, 4) is 11.1 Å². The lowest BCUT2D eigenvalue weighted by atomic mass is 9.96. The van der Waals surface area contributed by atoms with Crippen LogP contribution in [-0.2, 0) is 9.53 Å². The molecule has 3 rings (SSSR count). The summed E-state index contributed by atoms with van der Waals surface area (Å²) in [5, 5.41) is 12.4. The van der Waals surface area contributed by atoms with Crippen LogP contribution in [-0.4, -0.2) is 37.4 Å². The number of aliphatic hydroxyl groups excluding tert-OH is 1. The second-order valence-corrected chi connectivity index (χ2v) is 5.39. The van der Waals surface area contributed by atoms with Gasteiger partial charge in [0.15, 0.2) is 0 Å². The molecule has 0 bridgehead atoms. The minimum atomic E-state index is -0.690. The predicted octanol–water partition coefficient (Wildman–Crippen LogP) is 1.92. The molecule has 0 radical (unpaired) electrons. The van der Waals surface area contributed by atoms with E-state index in [1.54, 1.807) is 0 Å². The Morgan fingerprint density at radius 2 is 1.68 bits per heavy atom. The number of fused-ring (bicyclic) bond motifs is 3. The van der Waals surface area contributed by atoms with Gasteiger partial charge in [0.1, 0.15) is 6.04 Å². The molecule has 0 saturated carbocycles. The molecule has 0 amide bonds. The highest BCUT2D eigenvalue weighted by Gasteiger charge is 2.29. The smallest absolute Gasteiger partial charge is 0.325 e. The van der Waals surface area contributed by atoms with Gasteiger partial charge in [-0.3, -0.25) is 4.79 Å². The van der Waals surface area contributed by atoms with Gasteiger partial charge in [-0.05, 0) is 22.3 Å². The van der Waals surface area contributed by atoms with Crippen LogP contribution in [0.2, 0.25) is 0 Å². The van der Waals surface area contributed by atoms with Crippen LogP contribution in [0.4, 0.5) is 0 Å². The van der Waals surface area contributed by atoms with E-state index in [0.717, 1.165) is 0 Å². The van der Waals surface area contributed by atoms with Gasteiger partial charge in [0.2, 0.25) is 0 Å². The van der Waals surface area contributed by atoms with Crippen LogP contribution < -0.4 is 5.32 Å². The van der Waals surface area contributed by atoms with Crippen molar-refractivity contribution in [3.63, 3.8) is 0 Å². The van der Waals surface area contributed by atoms with Gasteiger partial charge in [-0.25, -0.2) is 0 Å². The quantitative estimate of drug-likeness (QED) is 0.828. The zero-order valence-electron chi connectivity index (χ0n) is 12.5. The van der Waals surface area contributed by atoms with E-state index in [1.807, 2.05) is 24.3 Å². The third kappa shape index (κ3) is 2.51. The minimum Gasteiger partial charge on any atom is -0.468 e. The first-order chi connectivity index (χ1) is 10.8. The lowest BCUT2D eigenvalue weighted by molar-refractivity contribution is -0.144. The highest BCUT2D eigenvalue weighted by molar-refractivity contribution is 5.79. The molecule has 1 aliphatic carbocycles. The van der Waals surface area contributed by atoms with Gasteiger partial charge in [-0.15, -0.1) is 0 Å². The number of nitrogens with one attached hydrogen (secondary N) is 1. The molecular weight excluding hydrogens is 278 g/mol. The van der Waals surface area contributed by atoms with Gasteiger partial charge < -0.3 is 15.2 Å². The number of hydrogen-bond acceptors (Lipinski definition) is 4. The van der Waals surface area contributed by atoms with E-state index in [2.05, 4.69) is 29.6 Å². The van der Waals surface area contributed by atoms with E-state index in [-0.39, 0.29) is 12.5 Å². The Bertz CT molecular complexity index is 638. The number of ether oxygens (including phenoxy) is 1. The highest BCUT2D eigenvalue weighted by atomic mass is 16.5. The largest absolute Gasteiger partial charge is 0.468 e. The van der Waals surface area contributed by atoms with Crippen LogP contribution >= 0.6 is 0 Å². The van der Waals surface area contributed by atoms with Crippen molar-refractivity contribution in [1.82, 2.24) is 5.32 Å². The summed E-state index contributed by atoms with van der Waals surface area (Å²) in [7, 11) is 1.33. The molecule has 22 heavy (non-hydrogen) atoms. The first-order valence-electron chi connectivity index (χ1n) is 7.36. The predicted molar refractivity (Wildman–Crippen MR) is 84.6 cm³/mol. The van der Waals surface area contributed by atoms with Gasteiger partial charge in [-0.2, -0.15) is 0 Å². The molecule has 4 heteroatoms. The summed E-state index contributed by atoms with van der Waals surface area (Å²) in [5.41, 5.74) is 4.97. The van der Waals surface area contributed by atoms with Crippen LogP contribution in [0.5, 0.6) is 0 Å². The second-order valence-electron chi connectivity index (χ2n) is 5.39. The molecule has 2 aromatic rings. The lowest BCUT2D eigenvalue weighted by Crippen LogP contribution is -2.42. The molecule has 0 aromatic heterocycles. The molecule has 2 aromatic carbocycles. The average molecular weight is 297 g/mol. The zero-order valence-corrected chi connectivity index (χ0v) is 12.5. The molecule has 1 atom stereocenters. The average Bonchev–Trinajstić information content (AvgIpc) is 2.89. The summed E-state index contributed by atoms with van der Waals surface area (Å²) in [6, 6.07) is 15.9. The summed E-state index contributed by atoms with van der Waals surface area (Å²) in [6.07, 6.45) is 0. The monoisotopic (exact) mass is 297 g/mol. The van der Waals surface area contributed by atoms with Gasteiger partial charge in [0.25, 0.3) is 0 Å². The molecule has 0 spiro atoms. The van der Waals surface area contributed by atoms with Gasteiger partial charge in [-0.1, -0.05) is 48.5 Å². The summed E-state index contributed by atoms with van der Waals surface area (Å²) in [6.45, 7) is 0.303. The van der Waals surface area contributed by atoms with E-state index in [0.29, 0.717) is 6.54 Å². The fourth-order valence-corrected chi connectivity index (χ4v) is 3.10. The number of esters is 1. The Balaban J connectivity index is 1.86. The zero-order chi connectivity index (χ0) is 15.5. The van der Waals surface area contributed by atoms with Crippen molar-refractivity contribution in [2.45, 2.75) is 12.0 Å². The lowest BCUT2D eigenvalue weighted by Gasteiger charge is -2.19. The molecule has 4 nitrogen and oxygen atoms in total. The molecule has 2 N–H and O–H groups in total. The Labute approximate surface area is 129 Å². The molecule has 0 unspecified atom stereocenters. The van der Waals surface area contributed by atoms with Crippen LogP contribution in [0.1, 0.15) is 17.0 Å². The normalized spacial score (nSPS) is 14.3. The van der Waals surface area contributed by atoms with E-state index >= 15 is 0 Å². The summed E-state index contributed by atoms with van der Waals surface area (Å²) in [4.78, 5) is 11.6. The fraction of sp³-hybridized carbons (Fsp3) is 0.278. The molecule has 1 aliphatic rings. The van der Waals surface area contributed by atoms with E-state index in [4.69, 9.17) is 4.74 Å². The van der Waals surface area contributed by atoms with Crippen LogP contribution in [0.3, 0.4) is 0 Å². The van der Waals surface area contributed by atoms with E-state index in [9.17, 15) is 9.90 Å². The maximum atomic E-state index is 11.6. The highest BCUT2D eigenvalue weighted by Crippen LogP contribution is 2.44. The maximum Gasteiger partial charge on any atom is 0.325 e. The number of carbonyl (C=O) groups is 1. The Morgan fingerprint density at radius 3 is 2.18 bits per heavy atom. The van der Waals surface area contributed by atoms with Crippen LogP contribution in [0.25, 0.3) is 11.1 Å². The maximum absolute atomic E-state index is 11.6. The van der Waals surface area contributed by atoms with E-state index in [1.165, 1.54) is 29.4 Å². The van der Waals surface area contributed by atoms with Crippen molar-refractivity contribution in [2.24, 2.45) is 0 Å². The topological polar surface area (TPSA) is 58.6 Å². The molecule has 0 saturated heterocycles. The molecular formula is C18H19NO3. The summed E-state index contributed by atoms with van der Waals surface area (Å²) < 4.78 is 4.70. The molecule has 0 fully saturated rings. The van der Waals surface area contributed by atoms with Gasteiger partial charge in [0.05, 0.1) is 13.7 Å². The first-order valence-corrected chi connectivity index (χ1v) is 7.36. The van der Waals surface area contributed by atoms with Crippen molar-refractivity contribution in [2.75, 3.05) is 20.3 Å². The number of hydrogen-bond donors (Lipinski definition) is 2. The minimum absolute atomic E-state index is 0.172. The Kier molecular flexibility index (Phi) is 4.22. The van der Waals surface area contributed by atoms with Crippen molar-refractivity contribution in [1.29, 1.82) is 0 Å². The van der Waals surface area contributed by atoms with Gasteiger partial charge in [0, 0.05) is 12.5 Å². The molecule has 114 valence electrons. The summed E-state index contributed by atoms with van der Waals surface area (Å²) in [5.74, 6) is -0.270. The van der Waals surface area contributed by atoms with Crippen molar-refractivity contribution in [3.05, 3.63) is 59.7 Å². The van der Waals surface area contributed by atoms with Crippen LogP contribution in [0, 0.1) is 0 Å². The van der Waals surface area contributed by atoms with E-state index < -0.39 is 12.0 Å². The fourth-order valence-electron chi connectivity index (χ4n) is 3.10. The number of benzene rings is 2.